The minimum atomic E-state index is -0.901. The van der Waals surface area contributed by atoms with Gasteiger partial charge in [-0.05, 0) is 53.9 Å². The van der Waals surface area contributed by atoms with Gasteiger partial charge in [0.05, 0.1) is 6.61 Å². The van der Waals surface area contributed by atoms with Crippen molar-refractivity contribution < 1.29 is 9.84 Å². The highest BCUT2D eigenvalue weighted by Gasteiger charge is 2.60. The van der Waals surface area contributed by atoms with Crippen molar-refractivity contribution in [2.75, 3.05) is 6.61 Å². The molecule has 0 amide bonds. The molecular weight excluding hydrogens is 328 g/mol. The molecule has 1 N–H and O–H groups in total. The Hall–Kier alpha value is -0.510. The lowest BCUT2D eigenvalue weighted by Crippen LogP contribution is -2.60. The first kappa shape index (κ1) is 17.9. The molecule has 1 aromatic carbocycles. The molecule has 1 saturated heterocycles. The largest absolute Gasteiger partial charge is 0.381 e. The van der Waals surface area contributed by atoms with Crippen LogP contribution in [0.25, 0.3) is 0 Å². The summed E-state index contributed by atoms with van der Waals surface area (Å²) in [4.78, 5) is 0. The van der Waals surface area contributed by atoms with E-state index in [2.05, 4.69) is 39.8 Å². The van der Waals surface area contributed by atoms with Gasteiger partial charge in [0.15, 0.2) is 0 Å². The SMILES string of the molecule is CC(C)C[C@](O)(c1ccccc1)[C@@H]1OC[C@@H]2[C@H](C[C@H]3C[C@@H]2C3(C)C)S1. The van der Waals surface area contributed by atoms with Crippen molar-refractivity contribution in [3.63, 3.8) is 0 Å². The molecule has 4 fully saturated rings. The van der Waals surface area contributed by atoms with E-state index in [0.29, 0.717) is 22.5 Å². The average molecular weight is 361 g/mol. The third kappa shape index (κ3) is 2.87. The first-order valence-corrected chi connectivity index (χ1v) is 10.8. The van der Waals surface area contributed by atoms with Gasteiger partial charge in [-0.2, -0.15) is 0 Å². The zero-order chi connectivity index (χ0) is 17.8. The first-order valence-electron chi connectivity index (χ1n) is 9.87. The second kappa shape index (κ2) is 6.28. The Bertz CT molecular complexity index is 614. The highest BCUT2D eigenvalue weighted by Crippen LogP contribution is 2.65. The number of hydrogen-bond donors (Lipinski definition) is 1. The Morgan fingerprint density at radius 3 is 2.60 bits per heavy atom. The van der Waals surface area contributed by atoms with Crippen molar-refractivity contribution in [2.45, 2.75) is 63.2 Å². The summed E-state index contributed by atoms with van der Waals surface area (Å²) in [7, 11) is 0. The van der Waals surface area contributed by atoms with E-state index in [1.807, 2.05) is 30.0 Å². The van der Waals surface area contributed by atoms with Crippen molar-refractivity contribution in [3.8, 4) is 0 Å². The Morgan fingerprint density at radius 1 is 1.24 bits per heavy atom. The Labute approximate surface area is 156 Å². The monoisotopic (exact) mass is 360 g/mol. The molecule has 6 atom stereocenters. The standard InChI is InChI=1S/C22H32O2S/c1-14(2)12-22(23,15-8-6-5-7-9-15)20-24-13-17-18-10-16(21(18,3)4)11-19(17)25-20/h5-9,14,16-20,23H,10-13H2,1-4H3/t16-,17+,18+,19+,20-,22+/m1/s1. The van der Waals surface area contributed by atoms with Gasteiger partial charge in [0, 0.05) is 5.25 Å². The quantitative estimate of drug-likeness (QED) is 0.814. The van der Waals surface area contributed by atoms with Crippen molar-refractivity contribution >= 4 is 11.8 Å². The van der Waals surface area contributed by atoms with E-state index in [9.17, 15) is 5.11 Å². The normalized spacial score (nSPS) is 38.6. The topological polar surface area (TPSA) is 29.5 Å². The van der Waals surface area contributed by atoms with Gasteiger partial charge < -0.3 is 9.84 Å². The van der Waals surface area contributed by atoms with Crippen molar-refractivity contribution in [3.05, 3.63) is 35.9 Å². The smallest absolute Gasteiger partial charge is 0.136 e. The molecule has 0 spiro atoms. The van der Waals surface area contributed by atoms with Gasteiger partial charge >= 0.3 is 0 Å². The number of rotatable bonds is 4. The maximum atomic E-state index is 11.7. The van der Waals surface area contributed by atoms with Crippen molar-refractivity contribution in [2.24, 2.45) is 29.1 Å². The summed E-state index contributed by atoms with van der Waals surface area (Å²) in [5.41, 5.74) is 0.438. The van der Waals surface area contributed by atoms with Gasteiger partial charge in [-0.1, -0.05) is 58.0 Å². The Balaban J connectivity index is 1.56. The molecular formula is C22H32O2S. The second-order valence-corrected chi connectivity index (χ2v) is 10.8. The lowest BCUT2D eigenvalue weighted by Gasteiger charge is -2.64. The number of ether oxygens (including phenoxy) is 1. The van der Waals surface area contributed by atoms with Gasteiger partial charge in [0.25, 0.3) is 0 Å². The van der Waals surface area contributed by atoms with E-state index in [-0.39, 0.29) is 5.44 Å². The minimum absolute atomic E-state index is 0.154. The lowest BCUT2D eigenvalue weighted by molar-refractivity contribution is -0.152. The zero-order valence-electron chi connectivity index (χ0n) is 15.9. The molecule has 0 radical (unpaired) electrons. The molecule has 4 aliphatic rings. The molecule has 5 rings (SSSR count). The van der Waals surface area contributed by atoms with E-state index in [1.165, 1.54) is 12.8 Å². The fraction of sp³-hybridized carbons (Fsp3) is 0.727. The van der Waals surface area contributed by atoms with Crippen LogP contribution in [0.3, 0.4) is 0 Å². The summed E-state index contributed by atoms with van der Waals surface area (Å²) in [6.07, 6.45) is 3.42. The van der Waals surface area contributed by atoms with Gasteiger partial charge in [-0.15, -0.1) is 11.8 Å². The van der Waals surface area contributed by atoms with Crippen LogP contribution >= 0.6 is 11.8 Å². The number of thioether (sulfide) groups is 1. The van der Waals surface area contributed by atoms with Crippen LogP contribution in [-0.4, -0.2) is 22.4 Å². The van der Waals surface area contributed by atoms with E-state index < -0.39 is 5.60 Å². The van der Waals surface area contributed by atoms with E-state index >= 15 is 0 Å². The highest BCUT2D eigenvalue weighted by molar-refractivity contribution is 8.00. The molecule has 2 nitrogen and oxygen atoms in total. The fourth-order valence-electron chi connectivity index (χ4n) is 5.62. The van der Waals surface area contributed by atoms with Crippen LogP contribution in [0.4, 0.5) is 0 Å². The highest BCUT2D eigenvalue weighted by atomic mass is 32.2. The minimum Gasteiger partial charge on any atom is -0.381 e. The summed E-state index contributed by atoms with van der Waals surface area (Å²) in [5.74, 6) is 2.76. The molecule has 138 valence electrons. The van der Waals surface area contributed by atoms with Crippen LogP contribution in [-0.2, 0) is 10.3 Å². The summed E-state index contributed by atoms with van der Waals surface area (Å²) < 4.78 is 6.37. The maximum absolute atomic E-state index is 11.7. The fourth-order valence-corrected chi connectivity index (χ4v) is 7.37. The molecule has 1 aliphatic heterocycles. The summed E-state index contributed by atoms with van der Waals surface area (Å²) >= 11 is 1.92. The van der Waals surface area contributed by atoms with Crippen LogP contribution in [0, 0.1) is 29.1 Å². The summed E-state index contributed by atoms with van der Waals surface area (Å²) in [6.45, 7) is 10.1. The van der Waals surface area contributed by atoms with Crippen molar-refractivity contribution in [1.29, 1.82) is 0 Å². The number of hydrogen-bond acceptors (Lipinski definition) is 3. The lowest BCUT2D eigenvalue weighted by atomic mass is 9.45. The number of aliphatic hydroxyl groups is 1. The van der Waals surface area contributed by atoms with E-state index in [1.54, 1.807) is 0 Å². The molecule has 0 unspecified atom stereocenters. The average Bonchev–Trinajstić information content (AvgIpc) is 2.60. The molecule has 1 aromatic rings. The first-order chi connectivity index (χ1) is 11.8. The van der Waals surface area contributed by atoms with E-state index in [4.69, 9.17) is 4.74 Å². The molecule has 2 bridgehead atoms. The van der Waals surface area contributed by atoms with Gasteiger partial charge in [-0.3, -0.25) is 0 Å². The summed E-state index contributed by atoms with van der Waals surface area (Å²) in [6, 6.07) is 10.2. The predicted octanol–water partition coefficient (Wildman–Crippen LogP) is 5.06. The van der Waals surface area contributed by atoms with Crippen LogP contribution < -0.4 is 0 Å². The maximum Gasteiger partial charge on any atom is 0.136 e. The molecule has 3 aliphatic carbocycles. The van der Waals surface area contributed by atoms with Crippen LogP contribution in [0.5, 0.6) is 0 Å². The number of benzene rings is 1. The van der Waals surface area contributed by atoms with Crippen LogP contribution in [0.15, 0.2) is 30.3 Å². The second-order valence-electron chi connectivity index (χ2n) is 9.49. The molecule has 3 saturated carbocycles. The van der Waals surface area contributed by atoms with Crippen molar-refractivity contribution in [1.82, 2.24) is 0 Å². The van der Waals surface area contributed by atoms with Gasteiger partial charge in [0.2, 0.25) is 0 Å². The predicted molar refractivity (Wildman–Crippen MR) is 104 cm³/mol. The molecule has 3 heteroatoms. The molecule has 0 aromatic heterocycles. The van der Waals surface area contributed by atoms with Gasteiger partial charge in [0.1, 0.15) is 11.0 Å². The Kier molecular flexibility index (Phi) is 4.49. The molecule has 1 heterocycles. The van der Waals surface area contributed by atoms with Gasteiger partial charge in [-0.25, -0.2) is 0 Å². The molecule has 25 heavy (non-hydrogen) atoms. The summed E-state index contributed by atoms with van der Waals surface area (Å²) in [5, 5.41) is 12.4. The third-order valence-electron chi connectivity index (χ3n) is 7.18. The third-order valence-corrected chi connectivity index (χ3v) is 8.84. The van der Waals surface area contributed by atoms with Crippen LogP contribution in [0.1, 0.15) is 52.5 Å². The Morgan fingerprint density at radius 2 is 1.96 bits per heavy atom. The van der Waals surface area contributed by atoms with E-state index in [0.717, 1.165) is 30.4 Å². The zero-order valence-corrected chi connectivity index (χ0v) is 16.8. The van der Waals surface area contributed by atoms with Crippen LogP contribution in [0.2, 0.25) is 0 Å².